The molecule has 0 atom stereocenters. The van der Waals surface area contributed by atoms with Gasteiger partial charge in [0.25, 0.3) is 0 Å². The standard InChI is InChI=1S/C13H9ClN2O2/c1-7-4-8(6-18-7)12(17)9-5-16-13-11(9)10(14)2-3-15-13/h2-6H,1H3,(H,15,16). The number of furan rings is 1. The molecule has 0 aliphatic heterocycles. The molecule has 3 aromatic rings. The number of hydrogen-bond acceptors (Lipinski definition) is 3. The molecule has 0 unspecified atom stereocenters. The quantitative estimate of drug-likeness (QED) is 0.719. The lowest BCUT2D eigenvalue weighted by Crippen LogP contribution is -1.98. The van der Waals surface area contributed by atoms with Crippen LogP contribution < -0.4 is 0 Å². The van der Waals surface area contributed by atoms with Gasteiger partial charge in [-0.15, -0.1) is 0 Å². The number of aromatic nitrogens is 2. The van der Waals surface area contributed by atoms with Crippen LogP contribution in [0.2, 0.25) is 5.02 Å². The third-order valence-corrected chi connectivity index (χ3v) is 3.08. The van der Waals surface area contributed by atoms with Gasteiger partial charge in [-0.2, -0.15) is 0 Å². The highest BCUT2D eigenvalue weighted by Gasteiger charge is 2.18. The number of carbonyl (C=O) groups excluding carboxylic acids is 1. The van der Waals surface area contributed by atoms with E-state index in [1.165, 1.54) is 6.26 Å². The summed E-state index contributed by atoms with van der Waals surface area (Å²) in [5.74, 6) is 0.565. The molecule has 0 aromatic carbocycles. The maximum Gasteiger partial charge on any atom is 0.198 e. The van der Waals surface area contributed by atoms with Gasteiger partial charge < -0.3 is 9.40 Å². The first-order valence-corrected chi connectivity index (χ1v) is 5.76. The van der Waals surface area contributed by atoms with Crippen molar-refractivity contribution in [3.63, 3.8) is 0 Å². The van der Waals surface area contributed by atoms with Crippen molar-refractivity contribution in [2.75, 3.05) is 0 Å². The van der Waals surface area contributed by atoms with Crippen molar-refractivity contribution in [2.45, 2.75) is 6.92 Å². The molecule has 3 heterocycles. The lowest BCUT2D eigenvalue weighted by Gasteiger charge is -1.97. The molecule has 90 valence electrons. The topological polar surface area (TPSA) is 58.9 Å². The average molecular weight is 261 g/mol. The number of halogens is 1. The Morgan fingerprint density at radius 1 is 1.50 bits per heavy atom. The van der Waals surface area contributed by atoms with Gasteiger partial charge in [0.15, 0.2) is 5.78 Å². The fourth-order valence-corrected chi connectivity index (χ4v) is 2.16. The van der Waals surface area contributed by atoms with Crippen LogP contribution in [0.15, 0.2) is 35.2 Å². The van der Waals surface area contributed by atoms with E-state index in [-0.39, 0.29) is 5.78 Å². The van der Waals surface area contributed by atoms with Crippen molar-refractivity contribution >= 4 is 28.4 Å². The Morgan fingerprint density at radius 3 is 3.06 bits per heavy atom. The number of H-pyrrole nitrogens is 1. The minimum atomic E-state index is -0.131. The molecule has 0 bridgehead atoms. The van der Waals surface area contributed by atoms with Crippen molar-refractivity contribution in [2.24, 2.45) is 0 Å². The summed E-state index contributed by atoms with van der Waals surface area (Å²) in [5, 5.41) is 1.15. The average Bonchev–Trinajstić information content (AvgIpc) is 2.95. The van der Waals surface area contributed by atoms with E-state index in [0.29, 0.717) is 32.9 Å². The van der Waals surface area contributed by atoms with Crippen LogP contribution in [0, 0.1) is 6.92 Å². The van der Waals surface area contributed by atoms with Crippen LogP contribution in [0.4, 0.5) is 0 Å². The van der Waals surface area contributed by atoms with Crippen molar-refractivity contribution in [1.29, 1.82) is 0 Å². The Hall–Kier alpha value is -2.07. The third kappa shape index (κ3) is 1.62. The summed E-state index contributed by atoms with van der Waals surface area (Å²) in [6, 6.07) is 3.36. The summed E-state index contributed by atoms with van der Waals surface area (Å²) in [5.41, 5.74) is 1.61. The van der Waals surface area contributed by atoms with Gasteiger partial charge in [-0.25, -0.2) is 4.98 Å². The van der Waals surface area contributed by atoms with Crippen LogP contribution >= 0.6 is 11.6 Å². The van der Waals surface area contributed by atoms with Crippen molar-refractivity contribution < 1.29 is 9.21 Å². The number of nitrogens with zero attached hydrogens (tertiary/aromatic N) is 1. The van der Waals surface area contributed by atoms with E-state index in [4.69, 9.17) is 16.0 Å². The van der Waals surface area contributed by atoms with E-state index in [1.54, 1.807) is 31.5 Å². The Kier molecular flexibility index (Phi) is 2.45. The molecule has 0 aliphatic rings. The summed E-state index contributed by atoms with van der Waals surface area (Å²) in [4.78, 5) is 19.4. The molecular formula is C13H9ClN2O2. The molecule has 0 amide bonds. The minimum absolute atomic E-state index is 0.131. The Labute approximate surface area is 108 Å². The summed E-state index contributed by atoms with van der Waals surface area (Å²) in [6.45, 7) is 1.79. The molecule has 0 aliphatic carbocycles. The van der Waals surface area contributed by atoms with Gasteiger partial charge in [-0.1, -0.05) is 11.6 Å². The molecule has 0 radical (unpaired) electrons. The summed E-state index contributed by atoms with van der Waals surface area (Å²) in [7, 11) is 0. The SMILES string of the molecule is Cc1cc(C(=O)c2c[nH]c3nccc(Cl)c23)co1. The van der Waals surface area contributed by atoms with Crippen molar-refractivity contribution in [1.82, 2.24) is 9.97 Å². The molecule has 0 saturated heterocycles. The van der Waals surface area contributed by atoms with E-state index >= 15 is 0 Å². The maximum atomic E-state index is 12.3. The predicted molar refractivity (Wildman–Crippen MR) is 68.0 cm³/mol. The van der Waals surface area contributed by atoms with E-state index < -0.39 is 0 Å². The van der Waals surface area contributed by atoms with Gasteiger partial charge in [-0.05, 0) is 19.1 Å². The zero-order valence-electron chi connectivity index (χ0n) is 9.53. The molecule has 18 heavy (non-hydrogen) atoms. The first kappa shape index (κ1) is 11.0. The van der Waals surface area contributed by atoms with Crippen LogP contribution in [0.5, 0.6) is 0 Å². The monoisotopic (exact) mass is 260 g/mol. The van der Waals surface area contributed by atoms with Gasteiger partial charge >= 0.3 is 0 Å². The fraction of sp³-hybridized carbons (Fsp3) is 0.0769. The number of ketones is 1. The first-order chi connectivity index (χ1) is 8.66. The molecule has 3 aromatic heterocycles. The van der Waals surface area contributed by atoms with E-state index in [0.717, 1.165) is 0 Å². The van der Waals surface area contributed by atoms with Gasteiger partial charge in [-0.3, -0.25) is 4.79 Å². The number of aryl methyl sites for hydroxylation is 1. The lowest BCUT2D eigenvalue weighted by atomic mass is 10.1. The number of fused-ring (bicyclic) bond motifs is 1. The molecule has 0 saturated carbocycles. The van der Waals surface area contributed by atoms with Gasteiger partial charge in [0, 0.05) is 17.8 Å². The molecule has 5 heteroatoms. The van der Waals surface area contributed by atoms with Crippen LogP contribution in [-0.2, 0) is 0 Å². The Bertz CT molecular complexity index is 742. The van der Waals surface area contributed by atoms with Crippen molar-refractivity contribution in [3.05, 3.63) is 52.7 Å². The van der Waals surface area contributed by atoms with Crippen LogP contribution in [0.3, 0.4) is 0 Å². The molecule has 3 rings (SSSR count). The second-order valence-corrected chi connectivity index (χ2v) is 4.40. The zero-order valence-corrected chi connectivity index (χ0v) is 10.3. The lowest BCUT2D eigenvalue weighted by molar-refractivity contribution is 0.103. The van der Waals surface area contributed by atoms with E-state index in [9.17, 15) is 4.79 Å². The van der Waals surface area contributed by atoms with Gasteiger partial charge in [0.05, 0.1) is 16.1 Å². The highest BCUT2D eigenvalue weighted by molar-refractivity contribution is 6.37. The van der Waals surface area contributed by atoms with Gasteiger partial charge in [0.2, 0.25) is 0 Å². The fourth-order valence-electron chi connectivity index (χ4n) is 1.91. The smallest absolute Gasteiger partial charge is 0.198 e. The second kappa shape index (κ2) is 3.99. The van der Waals surface area contributed by atoms with Crippen molar-refractivity contribution in [3.8, 4) is 0 Å². The highest BCUT2D eigenvalue weighted by Crippen LogP contribution is 2.27. The number of aromatic amines is 1. The van der Waals surface area contributed by atoms with Gasteiger partial charge in [0.1, 0.15) is 17.7 Å². The number of rotatable bonds is 2. The normalized spacial score (nSPS) is 11.0. The molecule has 4 nitrogen and oxygen atoms in total. The number of nitrogens with one attached hydrogen (secondary N) is 1. The Morgan fingerprint density at radius 2 is 2.33 bits per heavy atom. The zero-order chi connectivity index (χ0) is 12.7. The van der Waals surface area contributed by atoms with E-state index in [2.05, 4.69) is 9.97 Å². The predicted octanol–water partition coefficient (Wildman–Crippen LogP) is 3.35. The molecular weight excluding hydrogens is 252 g/mol. The Balaban J connectivity index is 2.18. The number of pyridine rings is 1. The first-order valence-electron chi connectivity index (χ1n) is 5.38. The largest absolute Gasteiger partial charge is 0.469 e. The maximum absolute atomic E-state index is 12.3. The number of hydrogen-bond donors (Lipinski definition) is 1. The van der Waals surface area contributed by atoms with Crippen LogP contribution in [0.25, 0.3) is 11.0 Å². The molecule has 0 fully saturated rings. The van der Waals surface area contributed by atoms with Crippen LogP contribution in [0.1, 0.15) is 21.7 Å². The highest BCUT2D eigenvalue weighted by atomic mass is 35.5. The molecule has 1 N–H and O–H groups in total. The number of carbonyl (C=O) groups is 1. The summed E-state index contributed by atoms with van der Waals surface area (Å²) >= 11 is 6.10. The van der Waals surface area contributed by atoms with E-state index in [1.807, 2.05) is 0 Å². The molecule has 0 spiro atoms. The second-order valence-electron chi connectivity index (χ2n) is 3.99. The summed E-state index contributed by atoms with van der Waals surface area (Å²) < 4.78 is 5.15. The third-order valence-electron chi connectivity index (χ3n) is 2.76. The minimum Gasteiger partial charge on any atom is -0.469 e. The van der Waals surface area contributed by atoms with Crippen LogP contribution in [-0.4, -0.2) is 15.8 Å². The summed E-state index contributed by atoms with van der Waals surface area (Å²) in [6.07, 6.45) is 4.66.